The van der Waals surface area contributed by atoms with E-state index in [-0.39, 0.29) is 11.9 Å². The van der Waals surface area contributed by atoms with Gasteiger partial charge in [-0.2, -0.15) is 0 Å². The molecule has 0 aromatic heterocycles. The topological polar surface area (TPSA) is 63.4 Å². The SMILES string of the molecule is CC(N)CCC(=O)N1CCS(=O)CC1. The summed E-state index contributed by atoms with van der Waals surface area (Å²) < 4.78 is 11.1. The molecule has 0 saturated carbocycles. The van der Waals surface area contributed by atoms with Gasteiger partial charge in [0.15, 0.2) is 0 Å². The minimum atomic E-state index is -0.709. The second kappa shape index (κ2) is 5.46. The maximum atomic E-state index is 11.6. The first kappa shape index (κ1) is 11.7. The summed E-state index contributed by atoms with van der Waals surface area (Å²) in [6.45, 7) is 3.19. The minimum Gasteiger partial charge on any atom is -0.341 e. The molecular formula is C9H18N2O2S. The second-order valence-electron chi connectivity index (χ2n) is 3.74. The van der Waals surface area contributed by atoms with E-state index in [0.29, 0.717) is 31.0 Å². The predicted molar refractivity (Wildman–Crippen MR) is 57.3 cm³/mol. The fraction of sp³-hybridized carbons (Fsp3) is 0.889. The van der Waals surface area contributed by atoms with E-state index in [9.17, 15) is 9.00 Å². The van der Waals surface area contributed by atoms with E-state index in [0.717, 1.165) is 6.42 Å². The van der Waals surface area contributed by atoms with Crippen LogP contribution in [0.4, 0.5) is 0 Å². The molecule has 1 atom stereocenters. The van der Waals surface area contributed by atoms with Crippen LogP contribution in [0.1, 0.15) is 19.8 Å². The number of rotatable bonds is 3. The molecule has 82 valence electrons. The normalized spacial score (nSPS) is 20.9. The van der Waals surface area contributed by atoms with Crippen LogP contribution in [0.25, 0.3) is 0 Å². The second-order valence-corrected chi connectivity index (χ2v) is 5.44. The summed E-state index contributed by atoms with van der Waals surface area (Å²) in [5, 5.41) is 0. The Balaban J connectivity index is 2.27. The highest BCUT2D eigenvalue weighted by molar-refractivity contribution is 7.85. The van der Waals surface area contributed by atoms with Crippen molar-refractivity contribution in [2.75, 3.05) is 24.6 Å². The highest BCUT2D eigenvalue weighted by Gasteiger charge is 2.19. The van der Waals surface area contributed by atoms with Crippen LogP contribution in [0, 0.1) is 0 Å². The smallest absolute Gasteiger partial charge is 0.222 e. The first-order valence-electron chi connectivity index (χ1n) is 4.98. The molecule has 14 heavy (non-hydrogen) atoms. The van der Waals surface area contributed by atoms with Crippen molar-refractivity contribution in [3.8, 4) is 0 Å². The van der Waals surface area contributed by atoms with Gasteiger partial charge in [-0.05, 0) is 13.3 Å². The average Bonchev–Trinajstić information content (AvgIpc) is 2.15. The Kier molecular flexibility index (Phi) is 4.54. The van der Waals surface area contributed by atoms with Gasteiger partial charge >= 0.3 is 0 Å². The Morgan fingerprint density at radius 3 is 2.57 bits per heavy atom. The van der Waals surface area contributed by atoms with Crippen LogP contribution in [0.5, 0.6) is 0 Å². The maximum absolute atomic E-state index is 11.6. The van der Waals surface area contributed by atoms with Crippen molar-refractivity contribution in [3.05, 3.63) is 0 Å². The minimum absolute atomic E-state index is 0.0814. The average molecular weight is 218 g/mol. The molecule has 4 nitrogen and oxygen atoms in total. The maximum Gasteiger partial charge on any atom is 0.222 e. The summed E-state index contributed by atoms with van der Waals surface area (Å²) in [5.41, 5.74) is 5.57. The lowest BCUT2D eigenvalue weighted by atomic mass is 10.2. The van der Waals surface area contributed by atoms with Crippen LogP contribution < -0.4 is 5.73 Å². The van der Waals surface area contributed by atoms with E-state index in [1.54, 1.807) is 4.90 Å². The van der Waals surface area contributed by atoms with Gasteiger partial charge < -0.3 is 10.6 Å². The van der Waals surface area contributed by atoms with E-state index in [1.807, 2.05) is 6.92 Å². The van der Waals surface area contributed by atoms with Gasteiger partial charge in [0, 0.05) is 47.9 Å². The number of hydrogen-bond acceptors (Lipinski definition) is 3. The zero-order valence-electron chi connectivity index (χ0n) is 8.57. The molecule has 5 heteroatoms. The highest BCUT2D eigenvalue weighted by atomic mass is 32.2. The van der Waals surface area contributed by atoms with Crippen LogP contribution in [0.3, 0.4) is 0 Å². The Hall–Kier alpha value is -0.420. The van der Waals surface area contributed by atoms with Crippen molar-refractivity contribution >= 4 is 16.7 Å². The molecule has 1 saturated heterocycles. The summed E-state index contributed by atoms with van der Waals surface area (Å²) >= 11 is 0. The Bertz CT molecular complexity index is 221. The molecule has 0 spiro atoms. The lowest BCUT2D eigenvalue weighted by Crippen LogP contribution is -2.42. The standard InChI is InChI=1S/C9H18N2O2S/c1-8(10)2-3-9(12)11-4-6-14(13)7-5-11/h8H,2-7,10H2,1H3. The molecule has 1 fully saturated rings. The largest absolute Gasteiger partial charge is 0.341 e. The zero-order chi connectivity index (χ0) is 10.6. The quantitative estimate of drug-likeness (QED) is 0.707. The molecule has 1 rings (SSSR count). The van der Waals surface area contributed by atoms with Gasteiger partial charge in [-0.1, -0.05) is 0 Å². The molecular weight excluding hydrogens is 200 g/mol. The number of hydrogen-bond donors (Lipinski definition) is 1. The summed E-state index contributed by atoms with van der Waals surface area (Å²) in [5.74, 6) is 1.41. The van der Waals surface area contributed by atoms with Crippen molar-refractivity contribution in [1.29, 1.82) is 0 Å². The fourth-order valence-corrected chi connectivity index (χ4v) is 2.45. The van der Waals surface area contributed by atoms with Crippen molar-refractivity contribution in [1.82, 2.24) is 4.90 Å². The van der Waals surface area contributed by atoms with Crippen molar-refractivity contribution in [3.63, 3.8) is 0 Å². The summed E-state index contributed by atoms with van der Waals surface area (Å²) in [7, 11) is -0.709. The molecule has 1 amide bonds. The molecule has 0 aromatic carbocycles. The van der Waals surface area contributed by atoms with Crippen LogP contribution in [-0.2, 0) is 15.6 Å². The lowest BCUT2D eigenvalue weighted by Gasteiger charge is -2.26. The van der Waals surface area contributed by atoms with E-state index >= 15 is 0 Å². The van der Waals surface area contributed by atoms with Gasteiger partial charge in [-0.3, -0.25) is 9.00 Å². The zero-order valence-corrected chi connectivity index (χ0v) is 9.39. The van der Waals surface area contributed by atoms with Crippen LogP contribution in [-0.4, -0.2) is 45.7 Å². The first-order valence-corrected chi connectivity index (χ1v) is 6.46. The number of amides is 1. The number of nitrogens with zero attached hydrogens (tertiary/aromatic N) is 1. The number of carbonyl (C=O) groups is 1. The number of carbonyl (C=O) groups excluding carboxylic acids is 1. The first-order chi connectivity index (χ1) is 6.59. The van der Waals surface area contributed by atoms with Gasteiger partial charge in [0.2, 0.25) is 5.91 Å². The summed E-state index contributed by atoms with van der Waals surface area (Å²) in [6, 6.07) is 0.0814. The molecule has 1 aliphatic rings. The Labute approximate surface area is 87.3 Å². The van der Waals surface area contributed by atoms with Gasteiger partial charge in [0.25, 0.3) is 0 Å². The Morgan fingerprint density at radius 1 is 1.50 bits per heavy atom. The van der Waals surface area contributed by atoms with Crippen LogP contribution in [0.15, 0.2) is 0 Å². The van der Waals surface area contributed by atoms with Gasteiger partial charge in [-0.25, -0.2) is 0 Å². The van der Waals surface area contributed by atoms with Crippen LogP contribution in [0.2, 0.25) is 0 Å². The molecule has 0 aliphatic carbocycles. The van der Waals surface area contributed by atoms with E-state index < -0.39 is 10.8 Å². The summed E-state index contributed by atoms with van der Waals surface area (Å²) in [4.78, 5) is 13.4. The molecule has 1 unspecified atom stereocenters. The number of nitrogens with two attached hydrogens (primary N) is 1. The van der Waals surface area contributed by atoms with Crippen LogP contribution >= 0.6 is 0 Å². The van der Waals surface area contributed by atoms with Crippen molar-refractivity contribution in [2.45, 2.75) is 25.8 Å². The third kappa shape index (κ3) is 3.75. The molecule has 1 heterocycles. The van der Waals surface area contributed by atoms with Gasteiger partial charge in [0.05, 0.1) is 0 Å². The van der Waals surface area contributed by atoms with Crippen molar-refractivity contribution < 1.29 is 9.00 Å². The molecule has 0 radical (unpaired) electrons. The third-order valence-electron chi connectivity index (χ3n) is 2.34. The molecule has 0 aromatic rings. The summed E-state index contributed by atoms with van der Waals surface area (Å²) in [6.07, 6.45) is 1.25. The lowest BCUT2D eigenvalue weighted by molar-refractivity contribution is -0.131. The monoisotopic (exact) mass is 218 g/mol. The molecule has 0 bridgehead atoms. The fourth-order valence-electron chi connectivity index (χ4n) is 1.40. The Morgan fingerprint density at radius 2 is 2.07 bits per heavy atom. The molecule has 2 N–H and O–H groups in total. The highest BCUT2D eigenvalue weighted by Crippen LogP contribution is 2.04. The molecule has 1 aliphatic heterocycles. The third-order valence-corrected chi connectivity index (χ3v) is 3.62. The van der Waals surface area contributed by atoms with Gasteiger partial charge in [-0.15, -0.1) is 0 Å². The predicted octanol–water partition coefficient (Wildman–Crippen LogP) is -0.295. The van der Waals surface area contributed by atoms with Crippen molar-refractivity contribution in [2.24, 2.45) is 5.73 Å². The van der Waals surface area contributed by atoms with E-state index in [1.165, 1.54) is 0 Å². The van der Waals surface area contributed by atoms with Gasteiger partial charge in [0.1, 0.15) is 0 Å². The van der Waals surface area contributed by atoms with E-state index in [2.05, 4.69) is 0 Å². The van der Waals surface area contributed by atoms with E-state index in [4.69, 9.17) is 5.73 Å².